The number of aromatic nitrogens is 2. The van der Waals surface area contributed by atoms with Gasteiger partial charge in [0.1, 0.15) is 5.82 Å². The molecule has 3 nitrogen and oxygen atoms in total. The van der Waals surface area contributed by atoms with Gasteiger partial charge in [0.25, 0.3) is 5.78 Å². The molecule has 0 saturated heterocycles. The first-order valence-corrected chi connectivity index (χ1v) is 6.10. The second-order valence-corrected chi connectivity index (χ2v) is 4.62. The predicted molar refractivity (Wildman–Crippen MR) is 67.6 cm³/mol. The molecule has 0 spiro atoms. The van der Waals surface area contributed by atoms with Crippen LogP contribution < -0.4 is 0 Å². The van der Waals surface area contributed by atoms with Crippen LogP contribution in [0, 0.1) is 19.7 Å². The van der Waals surface area contributed by atoms with Gasteiger partial charge in [-0.25, -0.2) is 4.39 Å². The average Bonchev–Trinajstić information content (AvgIpc) is 2.65. The summed E-state index contributed by atoms with van der Waals surface area (Å²) in [6.07, 6.45) is -4.96. The first-order valence-electron chi connectivity index (χ1n) is 6.10. The van der Waals surface area contributed by atoms with E-state index in [4.69, 9.17) is 0 Å². The zero-order valence-electron chi connectivity index (χ0n) is 11.3. The first kappa shape index (κ1) is 15.2. The van der Waals surface area contributed by atoms with Crippen molar-refractivity contribution in [1.82, 2.24) is 9.78 Å². The molecule has 21 heavy (non-hydrogen) atoms. The number of alkyl halides is 3. The number of benzene rings is 1. The molecule has 0 aliphatic heterocycles. The van der Waals surface area contributed by atoms with Gasteiger partial charge in [-0.15, -0.1) is 0 Å². The van der Waals surface area contributed by atoms with Crippen molar-refractivity contribution in [3.05, 3.63) is 52.6 Å². The van der Waals surface area contributed by atoms with Crippen molar-refractivity contribution in [2.24, 2.45) is 0 Å². The van der Waals surface area contributed by atoms with Gasteiger partial charge in [-0.05, 0) is 19.9 Å². The van der Waals surface area contributed by atoms with Gasteiger partial charge in [0.15, 0.2) is 0 Å². The number of halogens is 4. The summed E-state index contributed by atoms with van der Waals surface area (Å²) in [6, 6.07) is 5.89. The van der Waals surface area contributed by atoms with Crippen LogP contribution in [0.1, 0.15) is 27.3 Å². The molecule has 0 atom stereocenters. The summed E-state index contributed by atoms with van der Waals surface area (Å²) in [4.78, 5) is 11.4. The van der Waals surface area contributed by atoms with Crippen LogP contribution in [0.3, 0.4) is 0 Å². The van der Waals surface area contributed by atoms with E-state index >= 15 is 0 Å². The molecule has 2 aromatic rings. The summed E-state index contributed by atoms with van der Waals surface area (Å²) in [6.45, 7) is 2.65. The number of hydrogen-bond acceptors (Lipinski definition) is 2. The van der Waals surface area contributed by atoms with E-state index in [1.54, 1.807) is 6.07 Å². The van der Waals surface area contributed by atoms with E-state index in [1.165, 1.54) is 36.7 Å². The number of carbonyl (C=O) groups is 1. The lowest BCUT2D eigenvalue weighted by molar-refractivity contribution is -0.0886. The van der Waals surface area contributed by atoms with Gasteiger partial charge < -0.3 is 0 Å². The van der Waals surface area contributed by atoms with Gasteiger partial charge in [-0.2, -0.15) is 18.3 Å². The van der Waals surface area contributed by atoms with Crippen LogP contribution in [0.2, 0.25) is 0 Å². The predicted octanol–water partition coefficient (Wildman–Crippen LogP) is 3.43. The Kier molecular flexibility index (Phi) is 3.85. The maximum absolute atomic E-state index is 13.6. The van der Waals surface area contributed by atoms with Crippen LogP contribution in [-0.2, 0) is 6.54 Å². The average molecular weight is 300 g/mol. The Morgan fingerprint density at radius 3 is 2.43 bits per heavy atom. The normalized spacial score (nSPS) is 11.7. The number of rotatable bonds is 3. The van der Waals surface area contributed by atoms with Crippen LogP contribution >= 0.6 is 0 Å². The highest BCUT2D eigenvalue weighted by molar-refractivity contribution is 6.02. The highest BCUT2D eigenvalue weighted by Crippen LogP contribution is 2.26. The molecule has 1 aromatic carbocycles. The van der Waals surface area contributed by atoms with Crippen molar-refractivity contribution in [3.63, 3.8) is 0 Å². The van der Waals surface area contributed by atoms with Crippen LogP contribution in [0.5, 0.6) is 0 Å². The van der Waals surface area contributed by atoms with Gasteiger partial charge in [-0.3, -0.25) is 9.48 Å². The fraction of sp³-hybridized carbons (Fsp3) is 0.286. The standard InChI is InChI=1S/C14H12F4N2O/c1-8-12(13(21)14(16,17)18)9(2)20(19-8)7-10-5-3-4-6-11(10)15/h3-6H,7H2,1-2H3. The van der Waals surface area contributed by atoms with Gasteiger partial charge in [0, 0.05) is 11.3 Å². The van der Waals surface area contributed by atoms with E-state index in [2.05, 4.69) is 5.10 Å². The number of nitrogens with zero attached hydrogens (tertiary/aromatic N) is 2. The summed E-state index contributed by atoms with van der Waals surface area (Å²) in [5.41, 5.74) is -0.141. The SMILES string of the molecule is Cc1nn(Cc2ccccc2F)c(C)c1C(=O)C(F)(F)F. The Morgan fingerprint density at radius 2 is 1.86 bits per heavy atom. The quantitative estimate of drug-likeness (QED) is 0.643. The number of ketones is 1. The summed E-state index contributed by atoms with van der Waals surface area (Å²) < 4.78 is 52.4. The molecule has 2 rings (SSSR count). The van der Waals surface area contributed by atoms with E-state index in [0.717, 1.165) is 0 Å². The second-order valence-electron chi connectivity index (χ2n) is 4.62. The minimum atomic E-state index is -4.96. The molecule has 7 heteroatoms. The topological polar surface area (TPSA) is 34.9 Å². The molecule has 0 aliphatic rings. The molecule has 0 radical (unpaired) electrons. The molecule has 112 valence electrons. The lowest BCUT2D eigenvalue weighted by atomic mass is 10.1. The first-order chi connectivity index (χ1) is 9.71. The lowest BCUT2D eigenvalue weighted by Gasteiger charge is -2.07. The van der Waals surface area contributed by atoms with E-state index in [0.29, 0.717) is 0 Å². The van der Waals surface area contributed by atoms with Crippen molar-refractivity contribution in [2.45, 2.75) is 26.6 Å². The van der Waals surface area contributed by atoms with Gasteiger partial charge >= 0.3 is 6.18 Å². The van der Waals surface area contributed by atoms with E-state index < -0.39 is 23.3 Å². The summed E-state index contributed by atoms with van der Waals surface area (Å²) >= 11 is 0. The minimum Gasteiger partial charge on any atom is -0.284 e. The van der Waals surface area contributed by atoms with E-state index in [9.17, 15) is 22.4 Å². The molecule has 0 fully saturated rings. The maximum atomic E-state index is 13.6. The van der Waals surface area contributed by atoms with Crippen molar-refractivity contribution in [3.8, 4) is 0 Å². The third kappa shape index (κ3) is 2.96. The van der Waals surface area contributed by atoms with Crippen LogP contribution in [-0.4, -0.2) is 21.7 Å². The summed E-state index contributed by atoms with van der Waals surface area (Å²) in [7, 11) is 0. The zero-order valence-corrected chi connectivity index (χ0v) is 11.3. The van der Waals surface area contributed by atoms with Crippen LogP contribution in [0.25, 0.3) is 0 Å². The van der Waals surface area contributed by atoms with E-state index in [1.807, 2.05) is 0 Å². The van der Waals surface area contributed by atoms with Gasteiger partial charge in [0.05, 0.1) is 17.8 Å². The largest absolute Gasteiger partial charge is 0.455 e. The molecular weight excluding hydrogens is 288 g/mol. The minimum absolute atomic E-state index is 0.0221. The van der Waals surface area contributed by atoms with Crippen molar-refractivity contribution in [1.29, 1.82) is 0 Å². The molecule has 0 saturated carbocycles. The smallest absolute Gasteiger partial charge is 0.284 e. The van der Waals surface area contributed by atoms with Crippen LogP contribution in [0.15, 0.2) is 24.3 Å². The highest BCUT2D eigenvalue weighted by Gasteiger charge is 2.42. The molecule has 1 heterocycles. The Morgan fingerprint density at radius 1 is 1.24 bits per heavy atom. The second kappa shape index (κ2) is 5.31. The molecule has 0 unspecified atom stereocenters. The third-order valence-corrected chi connectivity index (χ3v) is 3.14. The summed E-state index contributed by atoms with van der Waals surface area (Å²) in [5, 5.41) is 3.91. The molecule has 0 amide bonds. The molecule has 1 aromatic heterocycles. The van der Waals surface area contributed by atoms with E-state index in [-0.39, 0.29) is 23.5 Å². The zero-order chi connectivity index (χ0) is 15.8. The summed E-state index contributed by atoms with van der Waals surface area (Å²) in [5.74, 6) is -2.41. The maximum Gasteiger partial charge on any atom is 0.455 e. The molecule has 0 aliphatic carbocycles. The molecular formula is C14H12F4N2O. The Hall–Kier alpha value is -2.18. The number of Topliss-reactive ketones (excluding diaryl/α,β-unsaturated/α-hetero) is 1. The monoisotopic (exact) mass is 300 g/mol. The lowest BCUT2D eigenvalue weighted by Crippen LogP contribution is -2.24. The van der Waals surface area contributed by atoms with Gasteiger partial charge in [0.2, 0.25) is 0 Å². The third-order valence-electron chi connectivity index (χ3n) is 3.14. The highest BCUT2D eigenvalue weighted by atomic mass is 19.4. The van der Waals surface area contributed by atoms with Crippen molar-refractivity contribution < 1.29 is 22.4 Å². The van der Waals surface area contributed by atoms with Crippen molar-refractivity contribution in [2.75, 3.05) is 0 Å². The Labute approximate surface area is 118 Å². The number of carbonyl (C=O) groups excluding carboxylic acids is 1. The van der Waals surface area contributed by atoms with Crippen LogP contribution in [0.4, 0.5) is 17.6 Å². The fourth-order valence-electron chi connectivity index (χ4n) is 2.11. The Bertz CT molecular complexity index is 689. The molecule has 0 N–H and O–H groups in total. The molecule has 0 bridgehead atoms. The Balaban J connectivity index is 2.41. The number of aryl methyl sites for hydroxylation is 1. The fourth-order valence-corrected chi connectivity index (χ4v) is 2.11. The van der Waals surface area contributed by atoms with Gasteiger partial charge in [-0.1, -0.05) is 18.2 Å². The van der Waals surface area contributed by atoms with Crippen molar-refractivity contribution >= 4 is 5.78 Å². The number of hydrogen-bond donors (Lipinski definition) is 0.